The molecule has 4 heteroatoms. The van der Waals surface area contributed by atoms with Crippen LogP contribution < -0.4 is 0 Å². The molecule has 0 aliphatic carbocycles. The number of carbonyl (C=O) groups excluding carboxylic acids is 1. The Bertz CT molecular complexity index is 476. The monoisotopic (exact) mass is 324 g/mol. The van der Waals surface area contributed by atoms with E-state index in [4.69, 9.17) is 4.43 Å². The molecule has 1 rings (SSSR count). The van der Waals surface area contributed by atoms with E-state index in [9.17, 15) is 9.18 Å². The molecule has 0 saturated carbocycles. The Morgan fingerprint density at radius 2 is 1.64 bits per heavy atom. The highest BCUT2D eigenvalue weighted by atomic mass is 28.4. The fourth-order valence-corrected chi connectivity index (χ4v) is 9.14. The van der Waals surface area contributed by atoms with Crippen LogP contribution in [0.5, 0.6) is 0 Å². The molecule has 0 N–H and O–H groups in total. The third kappa shape index (κ3) is 3.85. The zero-order chi connectivity index (χ0) is 16.9. The average molecular weight is 325 g/mol. The van der Waals surface area contributed by atoms with Gasteiger partial charge in [0.1, 0.15) is 12.1 Å². The molecule has 2 nitrogen and oxygen atoms in total. The van der Waals surface area contributed by atoms with Crippen molar-refractivity contribution in [2.24, 2.45) is 0 Å². The summed E-state index contributed by atoms with van der Waals surface area (Å²) in [5.74, 6) is -0.279. The second kappa shape index (κ2) is 8.02. The van der Waals surface area contributed by atoms with Crippen molar-refractivity contribution in [3.8, 4) is 0 Å². The van der Waals surface area contributed by atoms with E-state index in [0.717, 1.165) is 11.8 Å². The van der Waals surface area contributed by atoms with Crippen LogP contribution in [-0.4, -0.2) is 14.6 Å². The highest BCUT2D eigenvalue weighted by Crippen LogP contribution is 2.42. The molecule has 0 aliphatic rings. The van der Waals surface area contributed by atoms with Gasteiger partial charge in [0, 0.05) is 12.0 Å². The lowest BCUT2D eigenvalue weighted by Gasteiger charge is -2.42. The average Bonchev–Trinajstić information content (AvgIpc) is 2.41. The molecule has 1 aromatic rings. The van der Waals surface area contributed by atoms with Crippen LogP contribution in [0.15, 0.2) is 18.2 Å². The van der Waals surface area contributed by atoms with Gasteiger partial charge in [0.15, 0.2) is 0 Å². The molecule has 1 aromatic carbocycles. The zero-order valence-corrected chi connectivity index (χ0v) is 15.7. The quantitative estimate of drug-likeness (QED) is 0.481. The second-order valence-electron chi connectivity index (χ2n) is 6.85. The van der Waals surface area contributed by atoms with E-state index in [1.54, 1.807) is 12.1 Å². The van der Waals surface area contributed by atoms with Crippen molar-refractivity contribution < 1.29 is 13.6 Å². The summed E-state index contributed by atoms with van der Waals surface area (Å²) in [6.07, 6.45) is 1.05. The number of hydrogen-bond acceptors (Lipinski definition) is 2. The minimum atomic E-state index is -2.03. The summed E-state index contributed by atoms with van der Waals surface area (Å²) >= 11 is 0. The highest BCUT2D eigenvalue weighted by Gasteiger charge is 2.45. The molecule has 22 heavy (non-hydrogen) atoms. The van der Waals surface area contributed by atoms with Crippen molar-refractivity contribution in [3.63, 3.8) is 0 Å². The molecule has 0 saturated heterocycles. The predicted molar refractivity (Wildman–Crippen MR) is 92.0 cm³/mol. The van der Waals surface area contributed by atoms with Crippen LogP contribution in [0.4, 0.5) is 4.39 Å². The first-order chi connectivity index (χ1) is 10.3. The van der Waals surface area contributed by atoms with Crippen LogP contribution in [0.3, 0.4) is 0 Å². The van der Waals surface area contributed by atoms with Crippen molar-refractivity contribution in [2.45, 2.75) is 71.2 Å². The Balaban J connectivity index is 3.11. The van der Waals surface area contributed by atoms with Gasteiger partial charge in [-0.05, 0) is 28.3 Å². The van der Waals surface area contributed by atoms with Crippen molar-refractivity contribution in [1.82, 2.24) is 0 Å². The van der Waals surface area contributed by atoms with Crippen molar-refractivity contribution >= 4 is 14.6 Å². The molecular formula is C18H29FO2Si. The highest BCUT2D eigenvalue weighted by molar-refractivity contribution is 6.77. The van der Waals surface area contributed by atoms with Gasteiger partial charge in [0.25, 0.3) is 0 Å². The maximum absolute atomic E-state index is 14.2. The van der Waals surface area contributed by atoms with E-state index < -0.39 is 8.32 Å². The van der Waals surface area contributed by atoms with Gasteiger partial charge in [-0.15, -0.1) is 0 Å². The molecule has 0 amide bonds. The van der Waals surface area contributed by atoms with E-state index in [1.807, 2.05) is 0 Å². The smallest absolute Gasteiger partial charge is 0.200 e. The van der Waals surface area contributed by atoms with Gasteiger partial charge >= 0.3 is 0 Å². The normalized spacial score (nSPS) is 12.5. The predicted octanol–water partition coefficient (Wildman–Crippen LogP) is 5.26. The van der Waals surface area contributed by atoms with Gasteiger partial charge < -0.3 is 9.22 Å². The summed E-state index contributed by atoms with van der Waals surface area (Å²) < 4.78 is 20.6. The fraction of sp³-hybridized carbons (Fsp3) is 0.611. The molecule has 0 fully saturated rings. The number of halogens is 1. The molecule has 0 aliphatic heterocycles. The number of rotatable bonds is 8. The summed E-state index contributed by atoms with van der Waals surface area (Å²) in [7, 11) is -2.03. The number of benzene rings is 1. The molecule has 0 atom stereocenters. The largest absolute Gasteiger partial charge is 0.412 e. The lowest BCUT2D eigenvalue weighted by Crippen LogP contribution is -2.47. The van der Waals surface area contributed by atoms with Gasteiger partial charge in [-0.25, -0.2) is 4.39 Å². The van der Waals surface area contributed by atoms with E-state index in [0.29, 0.717) is 22.2 Å². The van der Waals surface area contributed by atoms with Crippen LogP contribution >= 0.6 is 0 Å². The Kier molecular flexibility index (Phi) is 6.94. The van der Waals surface area contributed by atoms with Crippen molar-refractivity contribution in [2.75, 3.05) is 0 Å². The molecule has 0 radical (unpaired) electrons. The molecule has 0 spiro atoms. The van der Waals surface area contributed by atoms with Crippen LogP contribution in [0.25, 0.3) is 0 Å². The Hall–Kier alpha value is -1.00. The van der Waals surface area contributed by atoms with Crippen LogP contribution in [0, 0.1) is 5.82 Å². The van der Waals surface area contributed by atoms with Gasteiger partial charge in [-0.1, -0.05) is 53.7 Å². The first kappa shape index (κ1) is 19.0. The van der Waals surface area contributed by atoms with E-state index in [-0.39, 0.29) is 18.8 Å². The number of aldehydes is 1. The van der Waals surface area contributed by atoms with E-state index >= 15 is 0 Å². The Labute approximate surface area is 135 Å². The third-order valence-electron chi connectivity index (χ3n) is 4.69. The maximum Gasteiger partial charge on any atom is 0.200 e. The van der Waals surface area contributed by atoms with Crippen LogP contribution in [0.2, 0.25) is 16.6 Å². The van der Waals surface area contributed by atoms with Gasteiger partial charge in [0.2, 0.25) is 8.32 Å². The summed E-state index contributed by atoms with van der Waals surface area (Å²) in [5.41, 5.74) is 2.62. The standard InChI is InChI=1S/C18H29FO2Si/c1-13(2)22(14(3)4,15(5)6)21-12-17-16(10-11-20)8-7-9-18(17)19/h7-9,11,13-15H,10,12H2,1-6H3. The first-order valence-corrected chi connectivity index (χ1v) is 10.2. The van der Waals surface area contributed by atoms with Crippen LogP contribution in [0.1, 0.15) is 52.7 Å². The summed E-state index contributed by atoms with van der Waals surface area (Å²) in [5, 5.41) is 0. The molecule has 124 valence electrons. The Morgan fingerprint density at radius 1 is 1.09 bits per heavy atom. The molecule has 0 aromatic heterocycles. The maximum atomic E-state index is 14.2. The SMILES string of the molecule is CC(C)[Si](OCc1c(F)cccc1CC=O)(C(C)C)C(C)C. The summed E-state index contributed by atoms with van der Waals surface area (Å²) in [6, 6.07) is 4.89. The summed E-state index contributed by atoms with van der Waals surface area (Å²) in [6.45, 7) is 13.5. The molecule has 0 heterocycles. The number of hydrogen-bond donors (Lipinski definition) is 0. The van der Waals surface area contributed by atoms with Gasteiger partial charge in [-0.2, -0.15) is 0 Å². The Morgan fingerprint density at radius 3 is 2.09 bits per heavy atom. The summed E-state index contributed by atoms with van der Waals surface area (Å²) in [4.78, 5) is 10.8. The van der Waals surface area contributed by atoms with Crippen LogP contribution in [-0.2, 0) is 22.2 Å². The molecule has 0 unspecified atom stereocenters. The third-order valence-corrected chi connectivity index (χ3v) is 10.8. The van der Waals surface area contributed by atoms with Crippen molar-refractivity contribution in [3.05, 3.63) is 35.1 Å². The molecule has 0 bridgehead atoms. The van der Waals surface area contributed by atoms with Crippen molar-refractivity contribution in [1.29, 1.82) is 0 Å². The minimum absolute atomic E-state index is 0.232. The lowest BCUT2D eigenvalue weighted by molar-refractivity contribution is -0.107. The molecular weight excluding hydrogens is 295 g/mol. The van der Waals surface area contributed by atoms with E-state index in [2.05, 4.69) is 41.5 Å². The first-order valence-electron chi connectivity index (χ1n) is 8.11. The second-order valence-corrected chi connectivity index (χ2v) is 12.3. The minimum Gasteiger partial charge on any atom is -0.412 e. The van der Waals surface area contributed by atoms with Gasteiger partial charge in [-0.3, -0.25) is 0 Å². The lowest BCUT2D eigenvalue weighted by atomic mass is 10.1. The zero-order valence-electron chi connectivity index (χ0n) is 14.7. The van der Waals surface area contributed by atoms with E-state index in [1.165, 1.54) is 6.07 Å². The fourth-order valence-electron chi connectivity index (χ4n) is 3.74. The number of carbonyl (C=O) groups is 1. The topological polar surface area (TPSA) is 26.3 Å². The van der Waals surface area contributed by atoms with Gasteiger partial charge in [0.05, 0.1) is 6.61 Å².